The number of carboxylic acids is 1. The summed E-state index contributed by atoms with van der Waals surface area (Å²) < 4.78 is 0. The number of hydrogen-bond acceptors (Lipinski definition) is 4. The first-order valence-electron chi connectivity index (χ1n) is 6.25. The quantitative estimate of drug-likeness (QED) is 0.899. The van der Waals surface area contributed by atoms with Crippen LogP contribution in [0, 0.1) is 0 Å². The Kier molecular flexibility index (Phi) is 4.18. The van der Waals surface area contributed by atoms with Crippen molar-refractivity contribution in [3.8, 4) is 0 Å². The van der Waals surface area contributed by atoms with Crippen LogP contribution in [0.15, 0.2) is 42.6 Å². The second-order valence-corrected chi connectivity index (χ2v) is 4.64. The van der Waals surface area contributed by atoms with Gasteiger partial charge >= 0.3 is 5.97 Å². The highest BCUT2D eigenvalue weighted by Gasteiger charge is 2.10. The second kappa shape index (κ2) is 6.04. The van der Waals surface area contributed by atoms with Gasteiger partial charge in [0.2, 0.25) is 0 Å². The van der Waals surface area contributed by atoms with Gasteiger partial charge < -0.3 is 15.3 Å². The van der Waals surface area contributed by atoms with E-state index in [4.69, 9.17) is 5.11 Å². The van der Waals surface area contributed by atoms with Gasteiger partial charge in [-0.1, -0.05) is 6.07 Å². The predicted molar refractivity (Wildman–Crippen MR) is 79.9 cm³/mol. The second-order valence-electron chi connectivity index (χ2n) is 4.64. The Labute approximate surface area is 122 Å². The number of aromatic nitrogens is 1. The van der Waals surface area contributed by atoms with E-state index in [1.165, 1.54) is 12.1 Å². The Balaban J connectivity index is 2.14. The highest BCUT2D eigenvalue weighted by Crippen LogP contribution is 2.17. The van der Waals surface area contributed by atoms with Crippen molar-refractivity contribution in [3.05, 3.63) is 53.9 Å². The number of pyridine rings is 1. The van der Waals surface area contributed by atoms with Gasteiger partial charge in [0.1, 0.15) is 5.69 Å². The molecule has 6 heteroatoms. The molecule has 1 heterocycles. The fourth-order valence-corrected chi connectivity index (χ4v) is 1.71. The predicted octanol–water partition coefficient (Wildman–Crippen LogP) is 2.10. The van der Waals surface area contributed by atoms with Gasteiger partial charge in [-0.2, -0.15) is 0 Å². The van der Waals surface area contributed by atoms with E-state index in [-0.39, 0.29) is 17.2 Å². The summed E-state index contributed by atoms with van der Waals surface area (Å²) in [6.45, 7) is 0. The van der Waals surface area contributed by atoms with Gasteiger partial charge in [-0.05, 0) is 30.3 Å². The van der Waals surface area contributed by atoms with Crippen LogP contribution in [0.2, 0.25) is 0 Å². The van der Waals surface area contributed by atoms with Crippen LogP contribution in [0.25, 0.3) is 0 Å². The molecule has 0 aliphatic heterocycles. The highest BCUT2D eigenvalue weighted by atomic mass is 16.4. The summed E-state index contributed by atoms with van der Waals surface area (Å²) >= 11 is 0. The maximum absolute atomic E-state index is 12.0. The lowest BCUT2D eigenvalue weighted by molar-refractivity contribution is 0.0696. The largest absolute Gasteiger partial charge is 0.478 e. The van der Waals surface area contributed by atoms with Crippen molar-refractivity contribution < 1.29 is 14.7 Å². The number of carbonyl (C=O) groups excluding carboxylic acids is 1. The van der Waals surface area contributed by atoms with Crippen LogP contribution in [-0.2, 0) is 0 Å². The van der Waals surface area contributed by atoms with Crippen molar-refractivity contribution in [2.75, 3.05) is 24.3 Å². The SMILES string of the molecule is CN(C)c1cccc(NC(=O)c2ccc(C(=O)O)cn2)c1. The van der Waals surface area contributed by atoms with Crippen LogP contribution in [0.4, 0.5) is 11.4 Å². The minimum absolute atomic E-state index is 0.0427. The zero-order valence-electron chi connectivity index (χ0n) is 11.7. The number of benzene rings is 1. The average Bonchev–Trinajstić information content (AvgIpc) is 2.47. The summed E-state index contributed by atoms with van der Waals surface area (Å²) in [4.78, 5) is 28.5. The summed E-state index contributed by atoms with van der Waals surface area (Å²) in [6, 6.07) is 10.1. The van der Waals surface area contributed by atoms with Crippen molar-refractivity contribution >= 4 is 23.3 Å². The number of aromatic carboxylic acids is 1. The van der Waals surface area contributed by atoms with Crippen LogP contribution in [0.1, 0.15) is 20.8 Å². The number of nitrogens with zero attached hydrogens (tertiary/aromatic N) is 2. The molecular weight excluding hydrogens is 270 g/mol. The Bertz CT molecular complexity index is 666. The molecule has 1 aromatic heterocycles. The standard InChI is InChI=1S/C15H15N3O3/c1-18(2)12-5-3-4-11(8-12)17-14(19)13-7-6-10(9-16-13)15(20)21/h3-9H,1-2H3,(H,17,19)(H,20,21). The average molecular weight is 285 g/mol. The maximum atomic E-state index is 12.0. The molecule has 2 N–H and O–H groups in total. The first-order chi connectivity index (χ1) is 9.97. The minimum atomic E-state index is -1.08. The molecule has 0 radical (unpaired) electrons. The van der Waals surface area contributed by atoms with Crippen molar-refractivity contribution in [2.24, 2.45) is 0 Å². The molecule has 2 rings (SSSR count). The molecule has 1 aromatic carbocycles. The summed E-state index contributed by atoms with van der Waals surface area (Å²) in [5.74, 6) is -1.46. The Hall–Kier alpha value is -2.89. The summed E-state index contributed by atoms with van der Waals surface area (Å²) in [6.07, 6.45) is 1.16. The molecule has 0 aliphatic rings. The molecule has 0 unspecified atom stereocenters. The zero-order valence-corrected chi connectivity index (χ0v) is 11.7. The summed E-state index contributed by atoms with van der Waals surface area (Å²) in [5, 5.41) is 11.5. The molecule has 0 bridgehead atoms. The summed E-state index contributed by atoms with van der Waals surface area (Å²) in [7, 11) is 3.82. The van der Waals surface area contributed by atoms with Crippen molar-refractivity contribution in [1.29, 1.82) is 0 Å². The lowest BCUT2D eigenvalue weighted by atomic mass is 10.2. The van der Waals surface area contributed by atoms with E-state index in [2.05, 4.69) is 10.3 Å². The molecule has 0 saturated carbocycles. The van der Waals surface area contributed by atoms with Gasteiger partial charge in [-0.25, -0.2) is 4.79 Å². The van der Waals surface area contributed by atoms with Crippen LogP contribution in [-0.4, -0.2) is 36.1 Å². The first-order valence-corrected chi connectivity index (χ1v) is 6.25. The van der Waals surface area contributed by atoms with Crippen LogP contribution >= 0.6 is 0 Å². The normalized spacial score (nSPS) is 10.0. The van der Waals surface area contributed by atoms with Gasteiger partial charge in [-0.15, -0.1) is 0 Å². The first kappa shape index (κ1) is 14.5. The molecule has 0 fully saturated rings. The van der Waals surface area contributed by atoms with E-state index in [0.717, 1.165) is 11.9 Å². The van der Waals surface area contributed by atoms with E-state index in [1.54, 1.807) is 6.07 Å². The van der Waals surface area contributed by atoms with E-state index >= 15 is 0 Å². The number of anilines is 2. The lowest BCUT2D eigenvalue weighted by Crippen LogP contribution is -2.15. The summed E-state index contributed by atoms with van der Waals surface area (Å²) in [5.41, 5.74) is 1.81. The third kappa shape index (κ3) is 3.56. The maximum Gasteiger partial charge on any atom is 0.337 e. The third-order valence-electron chi connectivity index (χ3n) is 2.86. The number of nitrogens with one attached hydrogen (secondary N) is 1. The fourth-order valence-electron chi connectivity index (χ4n) is 1.71. The molecule has 0 spiro atoms. The van der Waals surface area contributed by atoms with Gasteiger partial charge in [0, 0.05) is 31.7 Å². The van der Waals surface area contributed by atoms with Crippen molar-refractivity contribution in [2.45, 2.75) is 0 Å². The van der Waals surface area contributed by atoms with Gasteiger partial charge in [0.15, 0.2) is 0 Å². The van der Waals surface area contributed by atoms with E-state index < -0.39 is 5.97 Å². The molecule has 2 aromatic rings. The topological polar surface area (TPSA) is 82.5 Å². The number of carboxylic acid groups (broad SMARTS) is 1. The molecular formula is C15H15N3O3. The molecule has 0 atom stereocenters. The lowest BCUT2D eigenvalue weighted by Gasteiger charge is -2.13. The third-order valence-corrected chi connectivity index (χ3v) is 2.86. The smallest absolute Gasteiger partial charge is 0.337 e. The van der Waals surface area contributed by atoms with Gasteiger partial charge in [-0.3, -0.25) is 9.78 Å². The van der Waals surface area contributed by atoms with Crippen molar-refractivity contribution in [3.63, 3.8) is 0 Å². The van der Waals surface area contributed by atoms with Gasteiger partial charge in [0.05, 0.1) is 5.56 Å². The number of hydrogen-bond donors (Lipinski definition) is 2. The molecule has 21 heavy (non-hydrogen) atoms. The molecule has 1 amide bonds. The fraction of sp³-hybridized carbons (Fsp3) is 0.133. The van der Waals surface area contributed by atoms with E-state index in [1.807, 2.05) is 37.2 Å². The minimum Gasteiger partial charge on any atom is -0.478 e. The van der Waals surface area contributed by atoms with E-state index in [0.29, 0.717) is 5.69 Å². The number of rotatable bonds is 4. The molecule has 0 aliphatic carbocycles. The van der Waals surface area contributed by atoms with Crippen molar-refractivity contribution in [1.82, 2.24) is 4.98 Å². The molecule has 108 valence electrons. The number of amides is 1. The van der Waals surface area contributed by atoms with E-state index in [9.17, 15) is 9.59 Å². The highest BCUT2D eigenvalue weighted by molar-refractivity contribution is 6.03. The Morgan fingerprint density at radius 1 is 1.19 bits per heavy atom. The van der Waals surface area contributed by atoms with Crippen LogP contribution in [0.5, 0.6) is 0 Å². The molecule has 0 saturated heterocycles. The Morgan fingerprint density at radius 2 is 1.95 bits per heavy atom. The van der Waals surface area contributed by atoms with Crippen LogP contribution < -0.4 is 10.2 Å². The zero-order chi connectivity index (χ0) is 15.4. The monoisotopic (exact) mass is 285 g/mol. The number of carbonyl (C=O) groups is 2. The van der Waals surface area contributed by atoms with Gasteiger partial charge in [0.25, 0.3) is 5.91 Å². The molecule has 6 nitrogen and oxygen atoms in total. The van der Waals surface area contributed by atoms with Crippen LogP contribution in [0.3, 0.4) is 0 Å². The Morgan fingerprint density at radius 3 is 2.52 bits per heavy atom.